The van der Waals surface area contributed by atoms with Crippen LogP contribution in [0.3, 0.4) is 0 Å². The number of aromatic nitrogens is 1. The highest BCUT2D eigenvalue weighted by Gasteiger charge is 2.30. The Labute approximate surface area is 533 Å². The van der Waals surface area contributed by atoms with Crippen molar-refractivity contribution in [1.82, 2.24) is 15.2 Å². The van der Waals surface area contributed by atoms with Crippen molar-refractivity contribution in [2.24, 2.45) is 0 Å². The van der Waals surface area contributed by atoms with Crippen molar-refractivity contribution in [3.63, 3.8) is 0 Å². The van der Waals surface area contributed by atoms with Gasteiger partial charge in [0.1, 0.15) is 0 Å². The summed E-state index contributed by atoms with van der Waals surface area (Å²) in [5.74, 6) is -1.20. The summed E-state index contributed by atoms with van der Waals surface area (Å²) in [6.07, 6.45) is -1.37. The lowest BCUT2D eigenvalue weighted by atomic mass is 10.0. The summed E-state index contributed by atoms with van der Waals surface area (Å²) in [6.45, 7) is 14.5. The largest absolute Gasteiger partial charge is 0.416 e. The molecule has 0 spiro atoms. The van der Waals surface area contributed by atoms with Gasteiger partial charge in [-0.3, -0.25) is 19.4 Å². The van der Waals surface area contributed by atoms with Crippen LogP contribution < -0.4 is 15.5 Å². The van der Waals surface area contributed by atoms with E-state index in [2.05, 4.69) is 20.5 Å². The first-order chi connectivity index (χ1) is 44.1. The fourth-order valence-corrected chi connectivity index (χ4v) is 10.1. The van der Waals surface area contributed by atoms with Gasteiger partial charge in [0.25, 0.3) is 17.7 Å². The van der Waals surface area contributed by atoms with Crippen LogP contribution in [0.5, 0.6) is 0 Å². The molecule has 502 valence electrons. The van der Waals surface area contributed by atoms with Crippen LogP contribution in [0, 0.1) is 0 Å². The Bertz CT molecular complexity index is 3000. The van der Waals surface area contributed by atoms with Crippen molar-refractivity contribution >= 4 is 38.9 Å². The number of hydrogen-bond acceptors (Lipinski definition) is 18. The van der Waals surface area contributed by atoms with E-state index < -0.39 is 27.5 Å². The van der Waals surface area contributed by atoms with Gasteiger partial charge in [0.2, 0.25) is 0 Å². The Hall–Kier alpha value is -6.46. The third-order valence-electron chi connectivity index (χ3n) is 13.8. The Balaban J connectivity index is 0.871. The van der Waals surface area contributed by atoms with Gasteiger partial charge in [-0.05, 0) is 123 Å². The van der Waals surface area contributed by atoms with E-state index in [1.165, 1.54) is 53.6 Å². The Morgan fingerprint density at radius 2 is 1.05 bits per heavy atom. The third-order valence-corrected chi connectivity index (χ3v) is 15.6. The molecule has 4 aromatic carbocycles. The number of methoxy groups -OCH3 is 1. The quantitative estimate of drug-likeness (QED) is 0.0348. The number of aryl methyl sites for hydroxylation is 1. The molecule has 5 aromatic rings. The zero-order valence-corrected chi connectivity index (χ0v) is 53.6. The number of anilines is 2. The van der Waals surface area contributed by atoms with Gasteiger partial charge in [0.05, 0.1) is 153 Å². The minimum absolute atomic E-state index is 0.112. The van der Waals surface area contributed by atoms with E-state index in [9.17, 15) is 36.0 Å². The minimum atomic E-state index is -4.51. The number of alkyl halides is 3. The number of carbonyl (C=O) groups is 3. The number of rotatable bonds is 49. The van der Waals surface area contributed by atoms with Gasteiger partial charge in [-0.1, -0.05) is 24.3 Å². The number of sulfone groups is 1. The topological polar surface area (TPSA) is 230 Å². The Morgan fingerprint density at radius 1 is 0.538 bits per heavy atom. The molecule has 3 amide bonds. The third kappa shape index (κ3) is 29.4. The zero-order valence-electron chi connectivity index (χ0n) is 52.8. The molecular weight excluding hydrogens is 1210 g/mol. The molecule has 21 nitrogen and oxygen atoms in total. The molecule has 0 fully saturated rings. The molecule has 0 aliphatic carbocycles. The molecule has 1 aromatic heterocycles. The fraction of sp³-hybridized carbons (Fsp3) is 0.515. The molecule has 2 N–H and O–H groups in total. The van der Waals surface area contributed by atoms with Crippen molar-refractivity contribution < 1.29 is 88.1 Å². The molecule has 0 saturated carbocycles. The second-order valence-electron chi connectivity index (χ2n) is 20.5. The standard InChI is InChI=1S/C66H90F3N5O16S/c1-5-74(6-2)58-18-21-61(60(50-58)62-49-56(22-23-70-62)63(75)71-51-53-12-8-15-57(48-53)66(67,68)69)72-64(76)55-14-7-11-52(47-55)13-9-25-81-30-33-85-38-39-86-34-31-82-26-10-46-91(78,79)59-19-16-54(17-20-59)65(77)73(3)24-27-83-32-35-87-40-41-89-44-45-90-43-42-88-37-36-84-29-28-80-4/h7-8,11-12,14-23,47-50H,5-6,9-10,13,24-46,51H2,1-4H3,(H,71,75)(H,72,76). The second kappa shape index (κ2) is 43.4. The molecule has 0 radical (unpaired) electrons. The van der Waals surface area contributed by atoms with Crippen molar-refractivity contribution in [3.05, 3.63) is 143 Å². The van der Waals surface area contributed by atoms with E-state index in [-0.39, 0.29) is 47.6 Å². The molecule has 0 saturated heterocycles. The second-order valence-corrected chi connectivity index (χ2v) is 22.6. The lowest BCUT2D eigenvalue weighted by molar-refractivity contribution is -0.137. The predicted molar refractivity (Wildman–Crippen MR) is 339 cm³/mol. The number of pyridine rings is 1. The van der Waals surface area contributed by atoms with E-state index in [0.717, 1.165) is 36.5 Å². The zero-order chi connectivity index (χ0) is 65.4. The number of benzene rings is 4. The molecule has 0 unspecified atom stereocenters. The van der Waals surface area contributed by atoms with Crippen LogP contribution in [0.25, 0.3) is 11.3 Å². The fourth-order valence-electron chi connectivity index (χ4n) is 8.84. The van der Waals surface area contributed by atoms with Crippen molar-refractivity contribution in [1.29, 1.82) is 0 Å². The first kappa shape index (κ1) is 75.3. The highest BCUT2D eigenvalue weighted by Crippen LogP contribution is 2.33. The highest BCUT2D eigenvalue weighted by molar-refractivity contribution is 7.91. The summed E-state index contributed by atoms with van der Waals surface area (Å²) in [5.41, 5.74) is 3.88. The SMILES string of the molecule is CCN(CC)c1ccc(NC(=O)c2cccc(CCCOCCOCCOCCOCCCS(=O)(=O)c3ccc(C(=O)N(C)CCOCCOCCOCCOCCOCCOCCOC)cc3)c2)c(-c2cc(C(=O)NCc3cccc(C(F)(F)F)c3)ccn2)c1. The van der Waals surface area contributed by atoms with Gasteiger partial charge >= 0.3 is 6.18 Å². The summed E-state index contributed by atoms with van der Waals surface area (Å²) in [4.78, 5) is 48.4. The van der Waals surface area contributed by atoms with Crippen LogP contribution >= 0.6 is 0 Å². The van der Waals surface area contributed by atoms with E-state index in [1.54, 1.807) is 32.4 Å². The van der Waals surface area contributed by atoms with Crippen molar-refractivity contribution in [2.45, 2.75) is 50.7 Å². The van der Waals surface area contributed by atoms with E-state index >= 15 is 0 Å². The maximum atomic E-state index is 13.8. The smallest absolute Gasteiger partial charge is 0.382 e. The number of halogens is 3. The van der Waals surface area contributed by atoms with Gasteiger partial charge in [0, 0.05) is 87.7 Å². The minimum Gasteiger partial charge on any atom is -0.382 e. The summed E-state index contributed by atoms with van der Waals surface area (Å²) >= 11 is 0. The number of nitrogens with one attached hydrogen (secondary N) is 2. The molecular formula is C66H90F3N5O16S. The summed E-state index contributed by atoms with van der Waals surface area (Å²) in [6, 6.07) is 26.8. The lowest BCUT2D eigenvalue weighted by Crippen LogP contribution is -2.30. The molecule has 91 heavy (non-hydrogen) atoms. The Kier molecular flexibility index (Phi) is 35.9. The maximum Gasteiger partial charge on any atom is 0.416 e. The molecule has 0 aliphatic rings. The van der Waals surface area contributed by atoms with Crippen LogP contribution in [0.1, 0.15) is 74.5 Å². The number of hydrogen-bond donors (Lipinski definition) is 2. The van der Waals surface area contributed by atoms with Crippen LogP contribution in [0.2, 0.25) is 0 Å². The first-order valence-electron chi connectivity index (χ1n) is 30.7. The summed E-state index contributed by atoms with van der Waals surface area (Å²) in [7, 11) is -0.304. The lowest BCUT2D eigenvalue weighted by Gasteiger charge is -2.23. The molecule has 0 atom stereocenters. The van der Waals surface area contributed by atoms with Crippen molar-refractivity contribution in [3.8, 4) is 11.3 Å². The van der Waals surface area contributed by atoms with E-state index in [0.29, 0.717) is 185 Å². The molecule has 5 rings (SSSR count). The van der Waals surface area contributed by atoms with E-state index in [1.807, 2.05) is 44.2 Å². The number of likely N-dealkylation sites (N-methyl/N-ethyl adjacent to an activating group) is 1. The van der Waals surface area contributed by atoms with Crippen LogP contribution in [-0.4, -0.2) is 214 Å². The monoisotopic (exact) mass is 1300 g/mol. The summed E-state index contributed by atoms with van der Waals surface area (Å²) < 4.78 is 126. The van der Waals surface area contributed by atoms with Crippen LogP contribution in [0.4, 0.5) is 24.5 Å². The molecule has 25 heteroatoms. The predicted octanol–water partition coefficient (Wildman–Crippen LogP) is 8.48. The molecule has 0 bridgehead atoms. The molecule has 0 aliphatic heterocycles. The van der Waals surface area contributed by atoms with Crippen LogP contribution in [-0.2, 0) is 81.1 Å². The normalized spacial score (nSPS) is 11.7. The first-order valence-corrected chi connectivity index (χ1v) is 32.3. The number of nitrogens with zero attached hydrogens (tertiary/aromatic N) is 3. The number of amides is 3. The van der Waals surface area contributed by atoms with E-state index in [4.69, 9.17) is 52.1 Å². The van der Waals surface area contributed by atoms with Crippen LogP contribution in [0.15, 0.2) is 114 Å². The van der Waals surface area contributed by atoms with Gasteiger partial charge in [0.15, 0.2) is 9.84 Å². The average molecular weight is 1300 g/mol. The van der Waals surface area contributed by atoms with Gasteiger partial charge in [-0.25, -0.2) is 8.42 Å². The van der Waals surface area contributed by atoms with Gasteiger partial charge < -0.3 is 72.5 Å². The van der Waals surface area contributed by atoms with Crippen molar-refractivity contribution in [2.75, 3.05) is 189 Å². The van der Waals surface area contributed by atoms with Gasteiger partial charge in [-0.15, -0.1) is 0 Å². The Morgan fingerprint density at radius 3 is 1.62 bits per heavy atom. The highest BCUT2D eigenvalue weighted by atomic mass is 32.2. The van der Waals surface area contributed by atoms with Gasteiger partial charge in [-0.2, -0.15) is 13.2 Å². The molecule has 1 heterocycles. The number of ether oxygens (including phenoxy) is 11. The average Bonchev–Trinajstić information content (AvgIpc) is 1.17. The maximum absolute atomic E-state index is 13.8. The number of carbonyl (C=O) groups excluding carboxylic acids is 3. The summed E-state index contributed by atoms with van der Waals surface area (Å²) in [5, 5.41) is 5.74.